The monoisotopic (exact) mass is 640 g/mol. The lowest BCUT2D eigenvalue weighted by Gasteiger charge is -2.39. The van der Waals surface area contributed by atoms with Crippen LogP contribution in [0.5, 0.6) is 0 Å². The molecule has 238 valence electrons. The zero-order valence-corrected chi connectivity index (χ0v) is 28.1. The molecule has 0 saturated heterocycles. The molecule has 0 aliphatic heterocycles. The second-order valence-corrected chi connectivity index (χ2v) is 14.7. The van der Waals surface area contributed by atoms with Crippen LogP contribution in [-0.4, -0.2) is 0 Å². The van der Waals surface area contributed by atoms with E-state index in [0.29, 0.717) is 11.8 Å². The van der Waals surface area contributed by atoms with E-state index in [9.17, 15) is 0 Å². The van der Waals surface area contributed by atoms with Crippen molar-refractivity contribution in [3.63, 3.8) is 0 Å². The highest BCUT2D eigenvalue weighted by Gasteiger charge is 2.36. The average molecular weight is 641 g/mol. The Balaban J connectivity index is 1.07. The number of allylic oxidation sites excluding steroid dienone is 9. The molecule has 0 spiro atoms. The smallest absolute Gasteiger partial charge is 0.139 e. The summed E-state index contributed by atoms with van der Waals surface area (Å²) in [5.41, 5.74) is 16.2. The topological polar surface area (TPSA) is 13.1 Å². The van der Waals surface area contributed by atoms with Crippen LogP contribution in [-0.2, 0) is 0 Å². The van der Waals surface area contributed by atoms with Crippen LogP contribution in [0.25, 0.3) is 66.3 Å². The Morgan fingerprint density at radius 1 is 0.640 bits per heavy atom. The van der Waals surface area contributed by atoms with E-state index in [1.165, 1.54) is 76.8 Å². The number of rotatable bonds is 3. The third-order valence-corrected chi connectivity index (χ3v) is 12.0. The Labute approximate surface area is 292 Å². The minimum atomic E-state index is 0.270. The van der Waals surface area contributed by atoms with Gasteiger partial charge in [-0.15, -0.1) is 0 Å². The molecule has 2 unspecified atom stereocenters. The third kappa shape index (κ3) is 4.01. The molecular formula is C49H36O. The molecule has 3 atom stereocenters. The summed E-state index contributed by atoms with van der Waals surface area (Å²) >= 11 is 0. The van der Waals surface area contributed by atoms with Gasteiger partial charge < -0.3 is 4.42 Å². The summed E-state index contributed by atoms with van der Waals surface area (Å²) in [6, 6.07) is 40.1. The molecule has 6 aromatic carbocycles. The zero-order valence-electron chi connectivity index (χ0n) is 28.1. The van der Waals surface area contributed by atoms with E-state index in [-0.39, 0.29) is 5.92 Å². The number of hydrogen-bond donors (Lipinski definition) is 0. The summed E-state index contributed by atoms with van der Waals surface area (Å²) in [6.07, 6.45) is 17.9. The molecule has 50 heavy (non-hydrogen) atoms. The fraction of sp³-hybridized carbons (Fsp3) is 0.143. The summed E-state index contributed by atoms with van der Waals surface area (Å²) in [6.45, 7) is 2.43. The van der Waals surface area contributed by atoms with Crippen molar-refractivity contribution in [2.24, 2.45) is 5.92 Å². The summed E-state index contributed by atoms with van der Waals surface area (Å²) < 4.78 is 6.50. The Bertz CT molecular complexity index is 2760. The molecule has 0 fully saturated rings. The minimum Gasteiger partial charge on any atom is -0.456 e. The molecular weight excluding hydrogens is 605 g/mol. The molecule has 4 aliphatic rings. The van der Waals surface area contributed by atoms with E-state index in [1.807, 2.05) is 0 Å². The van der Waals surface area contributed by atoms with Crippen LogP contribution in [0.4, 0.5) is 0 Å². The van der Waals surface area contributed by atoms with Gasteiger partial charge in [-0.25, -0.2) is 0 Å². The fourth-order valence-corrected chi connectivity index (χ4v) is 9.68. The van der Waals surface area contributed by atoms with Crippen LogP contribution < -0.4 is 0 Å². The van der Waals surface area contributed by atoms with Crippen molar-refractivity contribution in [3.8, 4) is 11.1 Å². The summed E-state index contributed by atoms with van der Waals surface area (Å²) in [7, 11) is 0. The van der Waals surface area contributed by atoms with Gasteiger partial charge >= 0.3 is 0 Å². The Hall–Kier alpha value is -5.66. The molecule has 1 heterocycles. The lowest BCUT2D eigenvalue weighted by molar-refractivity contribution is 0.657. The van der Waals surface area contributed by atoms with Crippen molar-refractivity contribution < 1.29 is 4.42 Å². The average Bonchev–Trinajstić information content (AvgIpc) is 3.56. The molecule has 0 N–H and O–H groups in total. The lowest BCUT2D eigenvalue weighted by atomic mass is 9.64. The highest BCUT2D eigenvalue weighted by molar-refractivity contribution is 6.15. The standard InChI is InChI=1S/C49H36O/c1-29-26-45-36(31-11-8-12-32(27-31)37-17-9-18-43-41-16-6-7-19-46(41)50-49(37)43)22-20-30-21-23-42-40(25-24-34(29)48(42)47(30)45)44-28-33-10-2-3-13-35(33)38-14-4-5-15-39(38)44/h2-11,13-19,21-25,27-30,32H,12,20,26H2,1H3/t29-,30?,32?/m1/s1. The maximum Gasteiger partial charge on any atom is 0.139 e. The maximum atomic E-state index is 6.50. The molecule has 0 bridgehead atoms. The predicted octanol–water partition coefficient (Wildman–Crippen LogP) is 13.5. The number of furan rings is 1. The van der Waals surface area contributed by atoms with Crippen LogP contribution in [0.3, 0.4) is 0 Å². The first-order valence-electron chi connectivity index (χ1n) is 18.2. The van der Waals surface area contributed by atoms with E-state index in [4.69, 9.17) is 4.42 Å². The molecule has 11 rings (SSSR count). The van der Waals surface area contributed by atoms with Gasteiger partial charge in [-0.05, 0) is 109 Å². The summed E-state index contributed by atoms with van der Waals surface area (Å²) in [5.74, 6) is 1.14. The molecule has 4 aliphatic carbocycles. The van der Waals surface area contributed by atoms with Crippen molar-refractivity contribution in [2.75, 3.05) is 0 Å². The van der Waals surface area contributed by atoms with Gasteiger partial charge in [-0.2, -0.15) is 0 Å². The van der Waals surface area contributed by atoms with E-state index >= 15 is 0 Å². The van der Waals surface area contributed by atoms with Gasteiger partial charge in [0.05, 0.1) is 0 Å². The van der Waals surface area contributed by atoms with Gasteiger partial charge in [0.2, 0.25) is 0 Å². The van der Waals surface area contributed by atoms with Crippen LogP contribution >= 0.6 is 0 Å². The molecule has 1 aromatic heterocycles. The van der Waals surface area contributed by atoms with Gasteiger partial charge in [0, 0.05) is 28.2 Å². The van der Waals surface area contributed by atoms with E-state index in [0.717, 1.165) is 30.4 Å². The van der Waals surface area contributed by atoms with Gasteiger partial charge in [0.25, 0.3) is 0 Å². The van der Waals surface area contributed by atoms with Crippen LogP contribution in [0.2, 0.25) is 0 Å². The molecule has 0 amide bonds. The van der Waals surface area contributed by atoms with E-state index < -0.39 is 0 Å². The molecule has 1 nitrogen and oxygen atoms in total. The number of benzene rings is 6. The number of hydrogen-bond acceptors (Lipinski definition) is 1. The van der Waals surface area contributed by atoms with Crippen molar-refractivity contribution in [3.05, 3.63) is 179 Å². The van der Waals surface area contributed by atoms with Crippen molar-refractivity contribution in [1.29, 1.82) is 0 Å². The molecule has 7 aromatic rings. The molecule has 0 saturated carbocycles. The summed E-state index contributed by atoms with van der Waals surface area (Å²) in [5, 5.41) is 7.66. The maximum absolute atomic E-state index is 6.50. The fourth-order valence-electron chi connectivity index (χ4n) is 9.68. The third-order valence-electron chi connectivity index (χ3n) is 12.0. The summed E-state index contributed by atoms with van der Waals surface area (Å²) in [4.78, 5) is 0. The Morgan fingerprint density at radius 3 is 2.36 bits per heavy atom. The zero-order chi connectivity index (χ0) is 32.9. The second kappa shape index (κ2) is 10.7. The second-order valence-electron chi connectivity index (χ2n) is 14.7. The lowest BCUT2D eigenvalue weighted by Crippen LogP contribution is -2.22. The van der Waals surface area contributed by atoms with E-state index in [2.05, 4.69) is 153 Å². The van der Waals surface area contributed by atoms with Gasteiger partial charge in [0.1, 0.15) is 11.2 Å². The van der Waals surface area contributed by atoms with Crippen molar-refractivity contribution in [2.45, 2.75) is 38.0 Å². The van der Waals surface area contributed by atoms with E-state index in [1.54, 1.807) is 11.1 Å². The predicted molar refractivity (Wildman–Crippen MR) is 210 cm³/mol. The van der Waals surface area contributed by atoms with Crippen molar-refractivity contribution in [1.82, 2.24) is 0 Å². The van der Waals surface area contributed by atoms with Gasteiger partial charge in [-0.3, -0.25) is 0 Å². The van der Waals surface area contributed by atoms with Crippen LogP contribution in [0.1, 0.15) is 60.3 Å². The number of para-hydroxylation sites is 2. The molecule has 1 heteroatoms. The Kier molecular flexibility index (Phi) is 6.02. The highest BCUT2D eigenvalue weighted by atomic mass is 16.3. The number of fused-ring (bicyclic) bond motifs is 6. The Morgan fingerprint density at radius 2 is 1.44 bits per heavy atom. The van der Waals surface area contributed by atoms with Gasteiger partial charge in [-0.1, -0.05) is 140 Å². The van der Waals surface area contributed by atoms with Crippen molar-refractivity contribution >= 4 is 55.1 Å². The SMILES string of the molecule is C[C@@H]1CC2=C3c4c1ccc(-c1cc5ccccc5c5ccccc15)c4C=CC3CC=C2C1=CC(c2cccc3c2oc2ccccc23)CC=C1. The minimum absolute atomic E-state index is 0.270. The van der Waals surface area contributed by atoms with Crippen LogP contribution in [0.15, 0.2) is 161 Å². The highest BCUT2D eigenvalue weighted by Crippen LogP contribution is 2.55. The quantitative estimate of drug-likeness (QED) is 0.175. The first kappa shape index (κ1) is 28.2. The normalized spacial score (nSPS) is 20.9. The first-order chi connectivity index (χ1) is 24.7. The molecule has 0 radical (unpaired) electrons. The largest absolute Gasteiger partial charge is 0.456 e. The van der Waals surface area contributed by atoms with Crippen LogP contribution in [0, 0.1) is 5.92 Å². The van der Waals surface area contributed by atoms with Gasteiger partial charge in [0.15, 0.2) is 0 Å². The first-order valence-corrected chi connectivity index (χ1v) is 18.2.